The third kappa shape index (κ3) is 4.16. The zero-order valence-electron chi connectivity index (χ0n) is 10.8. The number of rotatable bonds is 5. The van der Waals surface area contributed by atoms with Gasteiger partial charge < -0.3 is 14.9 Å². The van der Waals surface area contributed by atoms with Gasteiger partial charge in [-0.3, -0.25) is 4.90 Å². The standard InChI is InChI=1S/C14H20ClNO3/c15-12-3-1-2-11(8-12)14(18)4-5-16-6-7-19-10-13(16)9-17/h1-3,8,13-14,17-18H,4-7,9-10H2. The van der Waals surface area contributed by atoms with Crippen molar-refractivity contribution < 1.29 is 14.9 Å². The van der Waals surface area contributed by atoms with Gasteiger partial charge in [-0.2, -0.15) is 0 Å². The molecule has 1 heterocycles. The number of nitrogens with zero attached hydrogens (tertiary/aromatic N) is 1. The Kier molecular flexibility index (Phi) is 5.60. The van der Waals surface area contributed by atoms with Crippen LogP contribution in [-0.2, 0) is 4.74 Å². The summed E-state index contributed by atoms with van der Waals surface area (Å²) in [7, 11) is 0. The molecule has 5 heteroatoms. The van der Waals surface area contributed by atoms with Gasteiger partial charge >= 0.3 is 0 Å². The van der Waals surface area contributed by atoms with Crippen molar-refractivity contribution in [2.45, 2.75) is 18.6 Å². The maximum atomic E-state index is 10.2. The Morgan fingerprint density at radius 3 is 3.05 bits per heavy atom. The van der Waals surface area contributed by atoms with Gasteiger partial charge in [0.15, 0.2) is 0 Å². The van der Waals surface area contributed by atoms with Crippen molar-refractivity contribution in [3.63, 3.8) is 0 Å². The van der Waals surface area contributed by atoms with E-state index < -0.39 is 6.10 Å². The van der Waals surface area contributed by atoms with E-state index in [9.17, 15) is 10.2 Å². The molecule has 2 N–H and O–H groups in total. The van der Waals surface area contributed by atoms with Crippen molar-refractivity contribution in [3.05, 3.63) is 34.9 Å². The van der Waals surface area contributed by atoms with Gasteiger partial charge in [0.2, 0.25) is 0 Å². The molecule has 2 rings (SSSR count). The van der Waals surface area contributed by atoms with Gasteiger partial charge in [0.25, 0.3) is 0 Å². The highest BCUT2D eigenvalue weighted by atomic mass is 35.5. The Balaban J connectivity index is 1.87. The van der Waals surface area contributed by atoms with Gasteiger partial charge in [0.05, 0.1) is 32.0 Å². The smallest absolute Gasteiger partial charge is 0.0802 e. The molecule has 0 radical (unpaired) electrons. The molecule has 1 aromatic carbocycles. The van der Waals surface area contributed by atoms with Crippen molar-refractivity contribution >= 4 is 11.6 Å². The first kappa shape index (κ1) is 14.8. The third-order valence-electron chi connectivity index (χ3n) is 3.48. The van der Waals surface area contributed by atoms with Crippen LogP contribution in [0.25, 0.3) is 0 Å². The maximum absolute atomic E-state index is 10.2. The molecule has 1 fully saturated rings. The molecule has 0 amide bonds. The summed E-state index contributed by atoms with van der Waals surface area (Å²) in [6.07, 6.45) is 0.0949. The minimum Gasteiger partial charge on any atom is -0.395 e. The first-order chi connectivity index (χ1) is 9.20. The molecule has 106 valence electrons. The molecule has 1 aromatic rings. The van der Waals surface area contributed by atoms with Gasteiger partial charge in [-0.1, -0.05) is 23.7 Å². The fourth-order valence-electron chi connectivity index (χ4n) is 2.32. The second kappa shape index (κ2) is 7.22. The van der Waals surface area contributed by atoms with Crippen molar-refractivity contribution in [2.24, 2.45) is 0 Å². The third-order valence-corrected chi connectivity index (χ3v) is 3.72. The molecule has 2 atom stereocenters. The van der Waals surface area contributed by atoms with Crippen LogP contribution in [0.5, 0.6) is 0 Å². The van der Waals surface area contributed by atoms with Gasteiger partial charge in [-0.25, -0.2) is 0 Å². The quantitative estimate of drug-likeness (QED) is 0.860. The van der Waals surface area contributed by atoms with Gasteiger partial charge in [0.1, 0.15) is 0 Å². The minimum absolute atomic E-state index is 0.0420. The largest absolute Gasteiger partial charge is 0.395 e. The second-order valence-electron chi connectivity index (χ2n) is 4.81. The minimum atomic E-state index is -0.527. The summed E-state index contributed by atoms with van der Waals surface area (Å²) in [6, 6.07) is 7.34. The number of hydrogen-bond acceptors (Lipinski definition) is 4. The van der Waals surface area contributed by atoms with E-state index in [1.165, 1.54) is 0 Å². The van der Waals surface area contributed by atoms with Crippen LogP contribution in [0.15, 0.2) is 24.3 Å². The molecule has 0 spiro atoms. The van der Waals surface area contributed by atoms with E-state index in [1.807, 2.05) is 12.1 Å². The first-order valence-electron chi connectivity index (χ1n) is 6.57. The SMILES string of the molecule is OCC1COCCN1CCC(O)c1cccc(Cl)c1. The molecule has 4 nitrogen and oxygen atoms in total. The number of aliphatic hydroxyl groups is 2. The molecule has 0 bridgehead atoms. The average Bonchev–Trinajstić information content (AvgIpc) is 2.45. The molecular weight excluding hydrogens is 266 g/mol. The van der Waals surface area contributed by atoms with E-state index in [2.05, 4.69) is 4.90 Å². The zero-order valence-corrected chi connectivity index (χ0v) is 11.6. The molecule has 2 unspecified atom stereocenters. The van der Waals surface area contributed by atoms with E-state index in [1.54, 1.807) is 12.1 Å². The van der Waals surface area contributed by atoms with Crippen LogP contribution in [-0.4, -0.2) is 54.1 Å². The summed E-state index contributed by atoms with van der Waals surface area (Å²) >= 11 is 5.91. The number of aliphatic hydroxyl groups excluding tert-OH is 2. The average molecular weight is 286 g/mol. The molecule has 19 heavy (non-hydrogen) atoms. The molecule has 1 aliphatic rings. The van der Waals surface area contributed by atoms with Crippen LogP contribution < -0.4 is 0 Å². The number of morpholine rings is 1. The first-order valence-corrected chi connectivity index (χ1v) is 6.94. The van der Waals surface area contributed by atoms with Crippen LogP contribution in [0.3, 0.4) is 0 Å². The zero-order chi connectivity index (χ0) is 13.7. The summed E-state index contributed by atoms with van der Waals surface area (Å²) in [5.41, 5.74) is 0.835. The lowest BCUT2D eigenvalue weighted by Crippen LogP contribution is -2.48. The Hall–Kier alpha value is -0.650. The van der Waals surface area contributed by atoms with Crippen LogP contribution in [0.1, 0.15) is 18.1 Å². The van der Waals surface area contributed by atoms with Crippen LogP contribution >= 0.6 is 11.6 Å². The number of benzene rings is 1. The lowest BCUT2D eigenvalue weighted by Gasteiger charge is -2.34. The Morgan fingerprint density at radius 2 is 2.32 bits per heavy atom. The second-order valence-corrected chi connectivity index (χ2v) is 5.24. The molecular formula is C14H20ClNO3. The number of ether oxygens (including phenoxy) is 1. The van der Waals surface area contributed by atoms with Crippen molar-refractivity contribution in [1.29, 1.82) is 0 Å². The van der Waals surface area contributed by atoms with Crippen molar-refractivity contribution in [2.75, 3.05) is 32.9 Å². The normalized spacial score (nSPS) is 22.4. The van der Waals surface area contributed by atoms with Gasteiger partial charge in [0, 0.05) is 18.1 Å². The Morgan fingerprint density at radius 1 is 1.47 bits per heavy atom. The van der Waals surface area contributed by atoms with Crippen LogP contribution in [0.2, 0.25) is 5.02 Å². The van der Waals surface area contributed by atoms with Crippen LogP contribution in [0, 0.1) is 0 Å². The lowest BCUT2D eigenvalue weighted by molar-refractivity contribution is -0.0321. The highest BCUT2D eigenvalue weighted by Crippen LogP contribution is 2.21. The topological polar surface area (TPSA) is 52.9 Å². The molecule has 1 saturated heterocycles. The Labute approximate surface area is 118 Å². The lowest BCUT2D eigenvalue weighted by atomic mass is 10.1. The predicted molar refractivity (Wildman–Crippen MR) is 74.3 cm³/mol. The summed E-state index contributed by atoms with van der Waals surface area (Å²) in [4.78, 5) is 2.16. The fraction of sp³-hybridized carbons (Fsp3) is 0.571. The highest BCUT2D eigenvalue weighted by molar-refractivity contribution is 6.30. The summed E-state index contributed by atoms with van der Waals surface area (Å²) in [5.74, 6) is 0. The van der Waals surface area contributed by atoms with Crippen LogP contribution in [0.4, 0.5) is 0 Å². The Bertz CT molecular complexity index is 402. The van der Waals surface area contributed by atoms with Crippen molar-refractivity contribution in [1.82, 2.24) is 4.90 Å². The monoisotopic (exact) mass is 285 g/mol. The van der Waals surface area contributed by atoms with E-state index in [-0.39, 0.29) is 12.6 Å². The molecule has 0 aliphatic carbocycles. The number of hydrogen-bond donors (Lipinski definition) is 2. The van der Waals surface area contributed by atoms with Gasteiger partial charge in [-0.05, 0) is 24.1 Å². The van der Waals surface area contributed by atoms with Crippen molar-refractivity contribution in [3.8, 4) is 0 Å². The summed E-state index contributed by atoms with van der Waals surface area (Å²) in [6.45, 7) is 2.87. The highest BCUT2D eigenvalue weighted by Gasteiger charge is 2.22. The van der Waals surface area contributed by atoms with E-state index in [0.717, 1.165) is 18.7 Å². The van der Waals surface area contributed by atoms with E-state index >= 15 is 0 Å². The summed E-state index contributed by atoms with van der Waals surface area (Å²) < 4.78 is 5.33. The number of halogens is 1. The maximum Gasteiger partial charge on any atom is 0.0802 e. The van der Waals surface area contributed by atoms with E-state index in [4.69, 9.17) is 16.3 Å². The molecule has 0 aromatic heterocycles. The summed E-state index contributed by atoms with van der Waals surface area (Å²) in [5, 5.41) is 20.1. The fourth-order valence-corrected chi connectivity index (χ4v) is 2.52. The molecule has 1 aliphatic heterocycles. The molecule has 0 saturated carbocycles. The van der Waals surface area contributed by atoms with Gasteiger partial charge in [-0.15, -0.1) is 0 Å². The van der Waals surface area contributed by atoms with E-state index in [0.29, 0.717) is 24.7 Å². The predicted octanol–water partition coefficient (Wildman–Crippen LogP) is 1.46.